The van der Waals surface area contributed by atoms with Gasteiger partial charge in [-0.3, -0.25) is 9.97 Å². The molecule has 4 aromatic heterocycles. The van der Waals surface area contributed by atoms with E-state index in [0.717, 1.165) is 55.2 Å². The first kappa shape index (κ1) is 35.4. The average Bonchev–Trinajstić information content (AvgIpc) is 3.98. The van der Waals surface area contributed by atoms with E-state index in [4.69, 9.17) is 9.97 Å². The summed E-state index contributed by atoms with van der Waals surface area (Å²) in [6, 6.07) is 79.9. The zero-order chi connectivity index (χ0) is 41.5. The van der Waals surface area contributed by atoms with Crippen molar-refractivity contribution in [3.05, 3.63) is 253 Å². The van der Waals surface area contributed by atoms with Crippen molar-refractivity contribution >= 4 is 43.9 Å². The Morgan fingerprint density at radius 1 is 0.317 bits per heavy atom. The molecule has 0 unspecified atom stereocenters. The third-order valence-electron chi connectivity index (χ3n) is 13.3. The van der Waals surface area contributed by atoms with Crippen LogP contribution in [0.4, 0.5) is 0 Å². The first-order valence-corrected chi connectivity index (χ1v) is 21.6. The van der Waals surface area contributed by atoms with E-state index in [1.54, 1.807) is 0 Å². The third-order valence-corrected chi connectivity index (χ3v) is 13.3. The van der Waals surface area contributed by atoms with Gasteiger partial charge in [-0.05, 0) is 116 Å². The fourth-order valence-electron chi connectivity index (χ4n) is 10.6. The van der Waals surface area contributed by atoms with Crippen LogP contribution in [0.3, 0.4) is 0 Å². The van der Waals surface area contributed by atoms with E-state index in [1.807, 2.05) is 24.5 Å². The molecule has 63 heavy (non-hydrogen) atoms. The predicted octanol–water partition coefficient (Wildman–Crippen LogP) is 14.4. The quantitative estimate of drug-likeness (QED) is 0.168. The lowest BCUT2D eigenvalue weighted by Gasteiger charge is -2.34. The first-order valence-electron chi connectivity index (χ1n) is 21.6. The zero-order valence-electron chi connectivity index (χ0n) is 34.2. The lowest BCUT2D eigenvalue weighted by atomic mass is 9.67. The number of hydrogen-bond acceptors (Lipinski definition) is 2. The smallest absolute Gasteiger partial charge is 0.0963 e. The van der Waals surface area contributed by atoms with Crippen LogP contribution in [0.15, 0.2) is 231 Å². The van der Waals surface area contributed by atoms with Crippen molar-refractivity contribution in [2.75, 3.05) is 0 Å². The number of para-hydroxylation sites is 2. The van der Waals surface area contributed by atoms with E-state index in [0.29, 0.717) is 0 Å². The van der Waals surface area contributed by atoms with E-state index in [1.165, 1.54) is 55.6 Å². The Morgan fingerprint density at radius 3 is 1.14 bits per heavy atom. The van der Waals surface area contributed by atoms with Crippen LogP contribution in [0.25, 0.3) is 88.6 Å². The molecule has 294 valence electrons. The molecule has 0 N–H and O–H groups in total. The summed E-state index contributed by atoms with van der Waals surface area (Å²) in [5.41, 5.74) is 20.0. The maximum absolute atomic E-state index is 4.90. The Balaban J connectivity index is 1.13. The number of rotatable bonds is 6. The van der Waals surface area contributed by atoms with Crippen molar-refractivity contribution in [2.24, 2.45) is 0 Å². The lowest BCUT2D eigenvalue weighted by molar-refractivity contribution is 0.767. The van der Waals surface area contributed by atoms with Gasteiger partial charge < -0.3 is 9.13 Å². The van der Waals surface area contributed by atoms with Crippen LogP contribution < -0.4 is 0 Å². The highest BCUT2D eigenvalue weighted by Crippen LogP contribution is 2.57. The summed E-state index contributed by atoms with van der Waals surface area (Å²) in [4.78, 5) is 9.80. The topological polar surface area (TPSA) is 35.6 Å². The van der Waals surface area contributed by atoms with Gasteiger partial charge in [0.1, 0.15) is 0 Å². The van der Waals surface area contributed by atoms with Crippen LogP contribution >= 0.6 is 0 Å². The average molecular weight is 803 g/mol. The lowest BCUT2D eigenvalue weighted by Crippen LogP contribution is -2.29. The minimum atomic E-state index is -0.699. The molecular weight excluding hydrogens is 765 g/mol. The molecule has 8 aromatic carbocycles. The van der Waals surface area contributed by atoms with Crippen molar-refractivity contribution in [2.45, 2.75) is 5.41 Å². The standard InChI is InChI=1S/C59H38N4/c1-3-13-39(14-4-1)41-23-27-43(28-24-41)59(44-29-25-42(26-30-44)40-15-5-2-6-16-40)51-37-45(62-53-19-9-7-17-49(53)57-55(62)21-11-35-60-57)31-33-47(51)48-34-32-46(38-52(48)59)63-54-20-10-8-18-50(54)58-56(63)22-12-36-61-58/h1-38H. The Bertz CT molecular complexity index is 3360. The molecule has 4 nitrogen and oxygen atoms in total. The second kappa shape index (κ2) is 13.8. The van der Waals surface area contributed by atoms with Crippen molar-refractivity contribution < 1.29 is 0 Å². The van der Waals surface area contributed by atoms with Crippen molar-refractivity contribution in [3.63, 3.8) is 0 Å². The van der Waals surface area contributed by atoms with E-state index < -0.39 is 5.41 Å². The van der Waals surface area contributed by atoms with Gasteiger partial charge in [0.15, 0.2) is 0 Å². The summed E-state index contributed by atoms with van der Waals surface area (Å²) in [7, 11) is 0. The Hall–Kier alpha value is -8.34. The molecular formula is C59H38N4. The number of hydrogen-bond donors (Lipinski definition) is 0. The van der Waals surface area contributed by atoms with Gasteiger partial charge >= 0.3 is 0 Å². The Labute approximate surface area is 364 Å². The number of benzene rings is 8. The zero-order valence-corrected chi connectivity index (χ0v) is 34.2. The predicted molar refractivity (Wildman–Crippen MR) is 259 cm³/mol. The molecule has 1 aliphatic carbocycles. The molecule has 0 bridgehead atoms. The van der Waals surface area contributed by atoms with Crippen LogP contribution in [0, 0.1) is 0 Å². The molecule has 0 saturated heterocycles. The van der Waals surface area contributed by atoms with Crippen molar-refractivity contribution in [3.8, 4) is 44.8 Å². The van der Waals surface area contributed by atoms with Crippen LogP contribution in [-0.2, 0) is 5.41 Å². The highest BCUT2D eigenvalue weighted by atomic mass is 15.0. The maximum Gasteiger partial charge on any atom is 0.0963 e. The second-order valence-corrected chi connectivity index (χ2v) is 16.5. The van der Waals surface area contributed by atoms with Crippen LogP contribution in [0.1, 0.15) is 22.3 Å². The van der Waals surface area contributed by atoms with Gasteiger partial charge in [-0.15, -0.1) is 0 Å². The van der Waals surface area contributed by atoms with E-state index in [-0.39, 0.29) is 0 Å². The molecule has 0 amide bonds. The van der Waals surface area contributed by atoms with Gasteiger partial charge in [0, 0.05) is 34.5 Å². The number of fused-ring (bicyclic) bond motifs is 9. The van der Waals surface area contributed by atoms with Crippen LogP contribution in [0.2, 0.25) is 0 Å². The molecule has 0 fully saturated rings. The molecule has 0 saturated carbocycles. The minimum absolute atomic E-state index is 0.699. The fourth-order valence-corrected chi connectivity index (χ4v) is 10.6. The maximum atomic E-state index is 4.90. The van der Waals surface area contributed by atoms with E-state index >= 15 is 0 Å². The first-order chi connectivity index (χ1) is 31.3. The highest BCUT2D eigenvalue weighted by Gasteiger charge is 2.47. The Morgan fingerprint density at radius 2 is 0.698 bits per heavy atom. The summed E-state index contributed by atoms with van der Waals surface area (Å²) < 4.78 is 4.78. The normalized spacial score (nSPS) is 12.9. The molecule has 0 aliphatic heterocycles. The van der Waals surface area contributed by atoms with E-state index in [9.17, 15) is 0 Å². The number of pyridine rings is 2. The van der Waals surface area contributed by atoms with Crippen molar-refractivity contribution in [1.82, 2.24) is 19.1 Å². The summed E-state index contributed by atoms with van der Waals surface area (Å²) in [6.45, 7) is 0. The van der Waals surface area contributed by atoms with Gasteiger partial charge in [-0.1, -0.05) is 158 Å². The summed E-state index contributed by atoms with van der Waals surface area (Å²) in [6.07, 6.45) is 3.79. The summed E-state index contributed by atoms with van der Waals surface area (Å²) in [5, 5.41) is 2.28. The van der Waals surface area contributed by atoms with Gasteiger partial charge in [0.2, 0.25) is 0 Å². The van der Waals surface area contributed by atoms with Gasteiger partial charge in [-0.2, -0.15) is 0 Å². The van der Waals surface area contributed by atoms with Gasteiger partial charge in [0.05, 0.1) is 38.5 Å². The van der Waals surface area contributed by atoms with Crippen molar-refractivity contribution in [1.29, 1.82) is 0 Å². The molecule has 12 aromatic rings. The van der Waals surface area contributed by atoms with Gasteiger partial charge in [0.25, 0.3) is 0 Å². The fraction of sp³-hybridized carbons (Fsp3) is 0.0169. The minimum Gasteiger partial charge on any atom is -0.308 e. The van der Waals surface area contributed by atoms with E-state index in [2.05, 4.69) is 215 Å². The molecule has 0 radical (unpaired) electrons. The summed E-state index contributed by atoms with van der Waals surface area (Å²) in [5.74, 6) is 0. The number of aromatic nitrogens is 4. The molecule has 4 heterocycles. The monoisotopic (exact) mass is 802 g/mol. The van der Waals surface area contributed by atoms with Crippen LogP contribution in [-0.4, -0.2) is 19.1 Å². The van der Waals surface area contributed by atoms with Crippen LogP contribution in [0.5, 0.6) is 0 Å². The highest BCUT2D eigenvalue weighted by molar-refractivity contribution is 6.08. The summed E-state index contributed by atoms with van der Waals surface area (Å²) >= 11 is 0. The largest absolute Gasteiger partial charge is 0.308 e. The van der Waals surface area contributed by atoms with Gasteiger partial charge in [-0.25, -0.2) is 0 Å². The molecule has 1 aliphatic rings. The number of nitrogens with zero attached hydrogens (tertiary/aromatic N) is 4. The molecule has 13 rings (SSSR count). The molecule has 0 atom stereocenters. The molecule has 0 spiro atoms. The second-order valence-electron chi connectivity index (χ2n) is 16.5. The third kappa shape index (κ3) is 5.22. The Kier molecular flexibility index (Phi) is 7.79. The SMILES string of the molecule is c1ccc(-c2ccc(C3(c4ccc(-c5ccccc5)cc4)c4cc(-n5c6ccccc6c6ncccc65)ccc4-c4ccc(-n5c6ccccc6c6ncccc65)cc43)cc2)cc1. The molecule has 4 heteroatoms.